The van der Waals surface area contributed by atoms with Crippen molar-refractivity contribution < 1.29 is 0 Å². The van der Waals surface area contributed by atoms with Crippen LogP contribution in [0.2, 0.25) is 0 Å². The zero-order valence-corrected chi connectivity index (χ0v) is 15.8. The van der Waals surface area contributed by atoms with Crippen molar-refractivity contribution in [2.24, 2.45) is 12.5 Å². The molecule has 0 amide bonds. The molecule has 0 radical (unpaired) electrons. The second-order valence-electron chi connectivity index (χ2n) is 8.20. The molecule has 0 aliphatic carbocycles. The van der Waals surface area contributed by atoms with Gasteiger partial charge in [0.1, 0.15) is 0 Å². The third kappa shape index (κ3) is 2.52. The highest BCUT2D eigenvalue weighted by atomic mass is 15.3. The van der Waals surface area contributed by atoms with Crippen LogP contribution in [0.25, 0.3) is 22.2 Å². The van der Waals surface area contributed by atoms with E-state index in [-0.39, 0.29) is 10.8 Å². The first-order chi connectivity index (χ1) is 11.1. The van der Waals surface area contributed by atoms with Gasteiger partial charge in [-0.15, -0.1) is 0 Å². The maximum atomic E-state index is 4.92. The molecule has 0 aliphatic rings. The summed E-state index contributed by atoms with van der Waals surface area (Å²) in [6.45, 7) is 13.5. The van der Waals surface area contributed by atoms with E-state index in [1.54, 1.807) is 0 Å². The Kier molecular flexibility index (Phi) is 3.78. The Hall–Kier alpha value is -2.16. The van der Waals surface area contributed by atoms with Gasteiger partial charge in [-0.2, -0.15) is 5.10 Å². The van der Waals surface area contributed by atoms with Crippen molar-refractivity contribution in [1.29, 1.82) is 0 Å². The normalized spacial score (nSPS) is 12.8. The van der Waals surface area contributed by atoms with Gasteiger partial charge in [-0.1, -0.05) is 58.9 Å². The van der Waals surface area contributed by atoms with Crippen molar-refractivity contribution in [1.82, 2.24) is 14.8 Å². The summed E-state index contributed by atoms with van der Waals surface area (Å²) in [6, 6.07) is 12.5. The van der Waals surface area contributed by atoms with Crippen molar-refractivity contribution in [3.05, 3.63) is 47.8 Å². The van der Waals surface area contributed by atoms with Crippen molar-refractivity contribution in [2.75, 3.05) is 0 Å². The van der Waals surface area contributed by atoms with Gasteiger partial charge < -0.3 is 0 Å². The van der Waals surface area contributed by atoms with Crippen molar-refractivity contribution in [3.8, 4) is 11.3 Å². The van der Waals surface area contributed by atoms with Gasteiger partial charge in [0, 0.05) is 23.4 Å². The summed E-state index contributed by atoms with van der Waals surface area (Å²) >= 11 is 0. The molecule has 2 heterocycles. The van der Waals surface area contributed by atoms with E-state index in [4.69, 9.17) is 10.1 Å². The third-order valence-corrected chi connectivity index (χ3v) is 5.54. The fourth-order valence-corrected chi connectivity index (χ4v) is 3.24. The van der Waals surface area contributed by atoms with Gasteiger partial charge in [-0.25, -0.2) is 4.98 Å². The van der Waals surface area contributed by atoms with Crippen LogP contribution in [-0.4, -0.2) is 14.8 Å². The molecule has 0 N–H and O–H groups in total. The zero-order valence-electron chi connectivity index (χ0n) is 15.8. The van der Waals surface area contributed by atoms with E-state index in [0.717, 1.165) is 16.9 Å². The van der Waals surface area contributed by atoms with E-state index in [9.17, 15) is 0 Å². The standard InChI is InChI=1S/C21H27N3/c1-14-18(17-13-12-15-10-8-9-11-16(15)22-17)19(24(7)23-14)21(5,6)20(2,3)4/h8-13H,1-7H3. The van der Waals surface area contributed by atoms with Gasteiger partial charge in [0.25, 0.3) is 0 Å². The molecule has 0 fully saturated rings. The predicted octanol–water partition coefficient (Wildman–Crippen LogP) is 5.27. The molecule has 24 heavy (non-hydrogen) atoms. The lowest BCUT2D eigenvalue weighted by molar-refractivity contribution is 0.214. The Bertz CT molecular complexity index is 895. The Morgan fingerprint density at radius 3 is 2.25 bits per heavy atom. The quantitative estimate of drug-likeness (QED) is 0.644. The van der Waals surface area contributed by atoms with Crippen LogP contribution < -0.4 is 0 Å². The molecule has 0 aliphatic heterocycles. The second-order valence-corrected chi connectivity index (χ2v) is 8.20. The number of hydrogen-bond acceptors (Lipinski definition) is 2. The van der Waals surface area contributed by atoms with E-state index < -0.39 is 0 Å². The summed E-state index contributed by atoms with van der Waals surface area (Å²) < 4.78 is 2.03. The number of hydrogen-bond donors (Lipinski definition) is 0. The minimum atomic E-state index is -0.0360. The lowest BCUT2D eigenvalue weighted by Gasteiger charge is -2.39. The van der Waals surface area contributed by atoms with Crippen LogP contribution in [-0.2, 0) is 12.5 Å². The SMILES string of the molecule is Cc1nn(C)c(C(C)(C)C(C)(C)C)c1-c1ccc2ccccc2n1. The molecule has 3 aromatic rings. The van der Waals surface area contributed by atoms with Crippen molar-refractivity contribution in [2.45, 2.75) is 47.0 Å². The van der Waals surface area contributed by atoms with Crippen LogP contribution in [0.1, 0.15) is 46.0 Å². The first-order valence-electron chi connectivity index (χ1n) is 8.53. The van der Waals surface area contributed by atoms with E-state index in [1.165, 1.54) is 16.6 Å². The molecule has 0 saturated heterocycles. The Balaban J connectivity index is 2.28. The van der Waals surface area contributed by atoms with E-state index in [0.29, 0.717) is 0 Å². The molecule has 0 bridgehead atoms. The number of pyridine rings is 1. The van der Waals surface area contributed by atoms with Crippen LogP contribution in [0, 0.1) is 12.3 Å². The number of aryl methyl sites for hydroxylation is 2. The van der Waals surface area contributed by atoms with Gasteiger partial charge in [0.2, 0.25) is 0 Å². The molecular formula is C21H27N3. The highest BCUT2D eigenvalue weighted by Crippen LogP contribution is 2.45. The first-order valence-corrected chi connectivity index (χ1v) is 8.53. The van der Waals surface area contributed by atoms with Crippen LogP contribution >= 0.6 is 0 Å². The number of nitrogens with zero attached hydrogens (tertiary/aromatic N) is 3. The molecule has 3 nitrogen and oxygen atoms in total. The molecule has 1 aromatic carbocycles. The molecular weight excluding hydrogens is 294 g/mol. The van der Waals surface area contributed by atoms with E-state index in [2.05, 4.69) is 65.8 Å². The number of fused-ring (bicyclic) bond motifs is 1. The highest BCUT2D eigenvalue weighted by molar-refractivity contribution is 5.82. The van der Waals surface area contributed by atoms with Gasteiger partial charge in [0.05, 0.1) is 22.6 Å². The summed E-state index contributed by atoms with van der Waals surface area (Å²) in [4.78, 5) is 4.92. The maximum absolute atomic E-state index is 4.92. The second kappa shape index (κ2) is 5.44. The minimum Gasteiger partial charge on any atom is -0.271 e. The Morgan fingerprint density at radius 1 is 0.917 bits per heavy atom. The average molecular weight is 321 g/mol. The smallest absolute Gasteiger partial charge is 0.0747 e. The van der Waals surface area contributed by atoms with Crippen LogP contribution in [0.4, 0.5) is 0 Å². The third-order valence-electron chi connectivity index (χ3n) is 5.54. The summed E-state index contributed by atoms with van der Waals surface area (Å²) in [5.74, 6) is 0. The van der Waals surface area contributed by atoms with Crippen LogP contribution in [0.15, 0.2) is 36.4 Å². The number of para-hydroxylation sites is 1. The summed E-state index contributed by atoms with van der Waals surface area (Å²) in [7, 11) is 2.04. The molecule has 3 rings (SSSR count). The van der Waals surface area contributed by atoms with E-state index >= 15 is 0 Å². The van der Waals surface area contributed by atoms with Gasteiger partial charge in [-0.05, 0) is 24.5 Å². The van der Waals surface area contributed by atoms with Gasteiger partial charge >= 0.3 is 0 Å². The minimum absolute atomic E-state index is 0.0360. The lowest BCUT2D eigenvalue weighted by Crippen LogP contribution is -2.36. The molecule has 0 saturated carbocycles. The van der Waals surface area contributed by atoms with Crippen molar-refractivity contribution in [3.63, 3.8) is 0 Å². The molecule has 3 heteroatoms. The Morgan fingerprint density at radius 2 is 1.58 bits per heavy atom. The number of aromatic nitrogens is 3. The summed E-state index contributed by atoms with van der Waals surface area (Å²) in [6.07, 6.45) is 0. The molecule has 0 unspecified atom stereocenters. The first kappa shape index (κ1) is 16.7. The van der Waals surface area contributed by atoms with E-state index in [1.807, 2.05) is 23.9 Å². The highest BCUT2D eigenvalue weighted by Gasteiger charge is 2.39. The average Bonchev–Trinajstić information content (AvgIpc) is 2.80. The summed E-state index contributed by atoms with van der Waals surface area (Å²) in [5, 5.41) is 5.89. The fraction of sp³-hybridized carbons (Fsp3) is 0.429. The molecule has 126 valence electrons. The summed E-state index contributed by atoms with van der Waals surface area (Å²) in [5.41, 5.74) is 5.56. The topological polar surface area (TPSA) is 30.7 Å². The van der Waals surface area contributed by atoms with Crippen LogP contribution in [0.3, 0.4) is 0 Å². The van der Waals surface area contributed by atoms with Crippen LogP contribution in [0.5, 0.6) is 0 Å². The molecule has 2 aromatic heterocycles. The monoisotopic (exact) mass is 321 g/mol. The number of rotatable bonds is 2. The van der Waals surface area contributed by atoms with Gasteiger partial charge in [-0.3, -0.25) is 4.68 Å². The number of benzene rings is 1. The van der Waals surface area contributed by atoms with Gasteiger partial charge in [0.15, 0.2) is 0 Å². The lowest BCUT2D eigenvalue weighted by atomic mass is 9.66. The molecule has 0 atom stereocenters. The zero-order chi connectivity index (χ0) is 17.7. The fourth-order valence-electron chi connectivity index (χ4n) is 3.24. The maximum Gasteiger partial charge on any atom is 0.0747 e. The largest absolute Gasteiger partial charge is 0.271 e. The Labute approximate surface area is 144 Å². The van der Waals surface area contributed by atoms with Crippen molar-refractivity contribution >= 4 is 10.9 Å². The molecule has 0 spiro atoms. The predicted molar refractivity (Wildman–Crippen MR) is 101 cm³/mol.